The molecule has 0 spiro atoms. The standard InChI is InChI=1S/C32H39Cl2N3O7S/c1-8-25(31(39)35-32(2,3)4)36(19-21-11-9-10-12-24(21)34)30(38)20-37(26-17-22(33)13-15-27(26)42-5)45(40,41)23-14-16-28(43-6)29(18-23)44-7/h9-18,25H,8,19-20H2,1-7H3,(H,35,39)/t25-/m1/s1. The fraction of sp³-hybridized carbons (Fsp3) is 0.375. The molecule has 3 rings (SSSR count). The van der Waals surface area contributed by atoms with Gasteiger partial charge in [0.25, 0.3) is 10.0 Å². The third-order valence-electron chi connectivity index (χ3n) is 6.81. The maximum Gasteiger partial charge on any atom is 0.265 e. The normalized spacial score (nSPS) is 12.2. The number of methoxy groups -OCH3 is 3. The number of ether oxygens (including phenoxy) is 3. The van der Waals surface area contributed by atoms with E-state index in [0.29, 0.717) is 16.3 Å². The lowest BCUT2D eigenvalue weighted by atomic mass is 10.1. The molecule has 0 fully saturated rings. The van der Waals surface area contributed by atoms with Crippen molar-refractivity contribution in [3.63, 3.8) is 0 Å². The summed E-state index contributed by atoms with van der Waals surface area (Å²) in [5.74, 6) is -0.391. The van der Waals surface area contributed by atoms with Crippen LogP contribution in [-0.4, -0.2) is 64.6 Å². The zero-order valence-electron chi connectivity index (χ0n) is 26.4. The van der Waals surface area contributed by atoms with Gasteiger partial charge in [0, 0.05) is 28.2 Å². The molecular weight excluding hydrogens is 641 g/mol. The molecule has 0 bridgehead atoms. The molecule has 0 saturated heterocycles. The Labute approximate surface area is 275 Å². The van der Waals surface area contributed by atoms with Crippen LogP contribution in [0.4, 0.5) is 5.69 Å². The van der Waals surface area contributed by atoms with Gasteiger partial charge in [0.1, 0.15) is 18.3 Å². The second kappa shape index (κ2) is 15.1. The first-order valence-corrected chi connectivity index (χ1v) is 16.3. The van der Waals surface area contributed by atoms with Gasteiger partial charge in [0.2, 0.25) is 11.8 Å². The van der Waals surface area contributed by atoms with Gasteiger partial charge in [-0.2, -0.15) is 0 Å². The summed E-state index contributed by atoms with van der Waals surface area (Å²) in [5, 5.41) is 3.55. The Balaban J connectivity index is 2.20. The number of benzene rings is 3. The first-order chi connectivity index (χ1) is 21.2. The Kier molecular flexibility index (Phi) is 12.0. The van der Waals surface area contributed by atoms with Crippen molar-refractivity contribution >= 4 is 50.7 Å². The van der Waals surface area contributed by atoms with Gasteiger partial charge < -0.3 is 24.4 Å². The van der Waals surface area contributed by atoms with Crippen LogP contribution in [0.2, 0.25) is 10.0 Å². The van der Waals surface area contributed by atoms with Crippen molar-refractivity contribution in [3.8, 4) is 17.2 Å². The van der Waals surface area contributed by atoms with Crippen LogP contribution in [0.1, 0.15) is 39.7 Å². The summed E-state index contributed by atoms with van der Waals surface area (Å²) >= 11 is 12.8. The van der Waals surface area contributed by atoms with Gasteiger partial charge in [-0.05, 0) is 69.2 Å². The predicted molar refractivity (Wildman–Crippen MR) is 176 cm³/mol. The number of amides is 2. The van der Waals surface area contributed by atoms with E-state index in [9.17, 15) is 18.0 Å². The Morgan fingerprint density at radius 1 is 0.889 bits per heavy atom. The zero-order valence-corrected chi connectivity index (χ0v) is 28.7. The molecule has 10 nitrogen and oxygen atoms in total. The molecule has 0 saturated carbocycles. The summed E-state index contributed by atoms with van der Waals surface area (Å²) in [6.07, 6.45) is 0.251. The van der Waals surface area contributed by atoms with E-state index < -0.39 is 34.1 Å². The van der Waals surface area contributed by atoms with Crippen LogP contribution in [0.15, 0.2) is 65.6 Å². The van der Waals surface area contributed by atoms with Gasteiger partial charge in [-0.25, -0.2) is 8.42 Å². The van der Waals surface area contributed by atoms with Crippen molar-refractivity contribution in [2.45, 2.75) is 57.1 Å². The Morgan fingerprint density at radius 2 is 1.51 bits per heavy atom. The number of nitrogens with zero attached hydrogens (tertiary/aromatic N) is 2. The van der Waals surface area contributed by atoms with Crippen molar-refractivity contribution < 1.29 is 32.2 Å². The summed E-state index contributed by atoms with van der Waals surface area (Å²) in [6.45, 7) is 6.53. The molecule has 3 aromatic rings. The Hall–Kier alpha value is -3.67. The van der Waals surface area contributed by atoms with Gasteiger partial charge in [-0.3, -0.25) is 13.9 Å². The summed E-state index contributed by atoms with van der Waals surface area (Å²) in [6, 6.07) is 14.5. The van der Waals surface area contributed by atoms with E-state index in [4.69, 9.17) is 37.4 Å². The number of hydrogen-bond donors (Lipinski definition) is 1. The molecule has 1 atom stereocenters. The van der Waals surface area contributed by atoms with Crippen molar-refractivity contribution in [3.05, 3.63) is 76.3 Å². The highest BCUT2D eigenvalue weighted by Gasteiger charge is 2.36. The molecular formula is C32H39Cl2N3O7S. The topological polar surface area (TPSA) is 114 Å². The minimum absolute atomic E-state index is 0.0259. The van der Waals surface area contributed by atoms with E-state index in [1.54, 1.807) is 37.3 Å². The van der Waals surface area contributed by atoms with Crippen LogP contribution < -0.4 is 23.8 Å². The van der Waals surface area contributed by atoms with Crippen LogP contribution in [0.5, 0.6) is 17.2 Å². The molecule has 0 heterocycles. The summed E-state index contributed by atoms with van der Waals surface area (Å²) in [4.78, 5) is 29.1. The third-order valence-corrected chi connectivity index (χ3v) is 9.17. The van der Waals surface area contributed by atoms with Crippen molar-refractivity contribution in [1.82, 2.24) is 10.2 Å². The predicted octanol–water partition coefficient (Wildman–Crippen LogP) is 5.94. The molecule has 0 aliphatic rings. The van der Waals surface area contributed by atoms with Crippen molar-refractivity contribution in [2.75, 3.05) is 32.2 Å². The van der Waals surface area contributed by atoms with Gasteiger partial charge in [0.05, 0.1) is 31.9 Å². The number of halogens is 2. The van der Waals surface area contributed by atoms with Crippen LogP contribution in [0, 0.1) is 0 Å². The third kappa shape index (κ3) is 8.74. The maximum atomic E-state index is 14.4. The van der Waals surface area contributed by atoms with Gasteiger partial charge in [-0.15, -0.1) is 0 Å². The quantitative estimate of drug-likeness (QED) is 0.238. The molecule has 3 aromatic carbocycles. The average molecular weight is 681 g/mol. The number of nitrogens with one attached hydrogen (secondary N) is 1. The van der Waals surface area contributed by atoms with Crippen LogP contribution in [0.25, 0.3) is 0 Å². The van der Waals surface area contributed by atoms with Crippen molar-refractivity contribution in [2.24, 2.45) is 0 Å². The first-order valence-electron chi connectivity index (χ1n) is 14.1. The van der Waals surface area contributed by atoms with E-state index >= 15 is 0 Å². The Morgan fingerprint density at radius 3 is 2.09 bits per heavy atom. The summed E-state index contributed by atoms with van der Waals surface area (Å²) in [5.41, 5.74) is 0.0304. The molecule has 244 valence electrons. The number of rotatable bonds is 13. The molecule has 2 amide bonds. The largest absolute Gasteiger partial charge is 0.495 e. The number of anilines is 1. The smallest absolute Gasteiger partial charge is 0.265 e. The van der Waals surface area contributed by atoms with Crippen LogP contribution >= 0.6 is 23.2 Å². The lowest BCUT2D eigenvalue weighted by Gasteiger charge is -2.35. The monoisotopic (exact) mass is 679 g/mol. The zero-order chi connectivity index (χ0) is 33.5. The second-order valence-corrected chi connectivity index (χ2v) is 13.8. The van der Waals surface area contributed by atoms with Gasteiger partial charge >= 0.3 is 0 Å². The number of hydrogen-bond acceptors (Lipinski definition) is 7. The molecule has 45 heavy (non-hydrogen) atoms. The minimum Gasteiger partial charge on any atom is -0.495 e. The lowest BCUT2D eigenvalue weighted by molar-refractivity contribution is -0.141. The van der Waals surface area contributed by atoms with Crippen LogP contribution in [-0.2, 0) is 26.2 Å². The number of carbonyl (C=O) groups excluding carboxylic acids is 2. The molecule has 0 aliphatic carbocycles. The SMILES string of the molecule is CC[C@H](C(=O)NC(C)(C)C)N(Cc1ccccc1Cl)C(=O)CN(c1cc(Cl)ccc1OC)S(=O)(=O)c1ccc(OC)c(OC)c1. The highest BCUT2D eigenvalue weighted by atomic mass is 35.5. The highest BCUT2D eigenvalue weighted by Crippen LogP contribution is 2.37. The second-order valence-electron chi connectivity index (χ2n) is 11.1. The Bertz CT molecular complexity index is 1630. The molecule has 0 aliphatic heterocycles. The highest BCUT2D eigenvalue weighted by molar-refractivity contribution is 7.92. The van der Waals surface area contributed by atoms with E-state index in [1.165, 1.54) is 56.6 Å². The molecule has 0 unspecified atom stereocenters. The summed E-state index contributed by atoms with van der Waals surface area (Å²) < 4.78 is 45.8. The number of sulfonamides is 1. The fourth-order valence-corrected chi connectivity index (χ4v) is 6.45. The van der Waals surface area contributed by atoms with E-state index in [0.717, 1.165) is 4.31 Å². The van der Waals surface area contributed by atoms with Gasteiger partial charge in [-0.1, -0.05) is 48.3 Å². The van der Waals surface area contributed by atoms with Gasteiger partial charge in [0.15, 0.2) is 11.5 Å². The first kappa shape index (κ1) is 35.8. The molecule has 1 N–H and O–H groups in total. The molecule has 13 heteroatoms. The van der Waals surface area contributed by atoms with E-state index in [-0.39, 0.29) is 46.0 Å². The molecule has 0 aromatic heterocycles. The number of carbonyl (C=O) groups is 2. The van der Waals surface area contributed by atoms with Crippen LogP contribution in [0.3, 0.4) is 0 Å². The maximum absolute atomic E-state index is 14.4. The van der Waals surface area contributed by atoms with E-state index in [1.807, 2.05) is 20.8 Å². The van der Waals surface area contributed by atoms with E-state index in [2.05, 4.69) is 5.32 Å². The lowest BCUT2D eigenvalue weighted by Crippen LogP contribution is -2.55. The average Bonchev–Trinajstić information content (AvgIpc) is 2.99. The van der Waals surface area contributed by atoms with Crippen molar-refractivity contribution in [1.29, 1.82) is 0 Å². The minimum atomic E-state index is -4.47. The molecule has 0 radical (unpaired) electrons. The summed E-state index contributed by atoms with van der Waals surface area (Å²) in [7, 11) is -0.272. The fourth-order valence-electron chi connectivity index (χ4n) is 4.66.